The van der Waals surface area contributed by atoms with Crippen LogP contribution in [0.15, 0.2) is 12.2 Å². The van der Waals surface area contributed by atoms with Crippen molar-refractivity contribution >= 4 is 5.97 Å². The van der Waals surface area contributed by atoms with E-state index >= 15 is 0 Å². The molecule has 0 aliphatic rings. The van der Waals surface area contributed by atoms with Gasteiger partial charge in [-0.2, -0.15) is 0 Å². The highest BCUT2D eigenvalue weighted by Gasteiger charge is 2.11. The summed E-state index contributed by atoms with van der Waals surface area (Å²) in [5.41, 5.74) is 0. The third-order valence-corrected chi connectivity index (χ3v) is 4.02. The lowest BCUT2D eigenvalue weighted by molar-refractivity contribution is -0.146. The van der Waals surface area contributed by atoms with Gasteiger partial charge in [-0.25, -0.2) is 4.79 Å². The molecule has 0 spiro atoms. The van der Waals surface area contributed by atoms with Crippen molar-refractivity contribution in [1.29, 1.82) is 0 Å². The van der Waals surface area contributed by atoms with Gasteiger partial charge in [0.25, 0.3) is 0 Å². The van der Waals surface area contributed by atoms with Crippen molar-refractivity contribution in [3.8, 4) is 0 Å². The zero-order valence-corrected chi connectivity index (χ0v) is 14.4. The van der Waals surface area contributed by atoms with E-state index in [1.54, 1.807) is 0 Å². The van der Waals surface area contributed by atoms with Crippen LogP contribution in [0.4, 0.5) is 0 Å². The highest BCUT2D eigenvalue weighted by Crippen LogP contribution is 2.10. The number of carboxylic acid groups (broad SMARTS) is 1. The Morgan fingerprint density at radius 2 is 1.27 bits per heavy atom. The minimum absolute atomic E-state index is 0.382. The first kappa shape index (κ1) is 21.2. The first-order chi connectivity index (χ1) is 10.7. The number of rotatable bonds is 16. The van der Waals surface area contributed by atoms with Gasteiger partial charge in [0.1, 0.15) is 0 Å². The summed E-state index contributed by atoms with van der Waals surface area (Å²) in [7, 11) is 0. The quantitative estimate of drug-likeness (QED) is 0.293. The maximum atomic E-state index is 10.4. The molecule has 0 aliphatic carbocycles. The lowest BCUT2D eigenvalue weighted by Crippen LogP contribution is -2.18. The van der Waals surface area contributed by atoms with Crippen LogP contribution in [0.5, 0.6) is 0 Å². The van der Waals surface area contributed by atoms with Crippen LogP contribution in [0.25, 0.3) is 0 Å². The molecular weight excluding hydrogens is 276 g/mol. The van der Waals surface area contributed by atoms with Gasteiger partial charge in [-0.15, -0.1) is 0 Å². The molecule has 2 N–H and O–H groups in total. The third-order valence-electron chi connectivity index (χ3n) is 4.02. The Labute approximate surface area is 136 Å². The van der Waals surface area contributed by atoms with E-state index in [2.05, 4.69) is 19.1 Å². The molecule has 0 aromatic rings. The predicted octanol–water partition coefficient (Wildman–Crippen LogP) is 5.47. The molecule has 0 saturated heterocycles. The molecule has 0 amide bonds. The van der Waals surface area contributed by atoms with Gasteiger partial charge in [-0.05, 0) is 32.1 Å². The van der Waals surface area contributed by atoms with Crippen molar-refractivity contribution < 1.29 is 15.0 Å². The van der Waals surface area contributed by atoms with Crippen molar-refractivity contribution in [2.24, 2.45) is 0 Å². The van der Waals surface area contributed by atoms with E-state index < -0.39 is 12.1 Å². The number of hydrogen-bond donors (Lipinski definition) is 2. The summed E-state index contributed by atoms with van der Waals surface area (Å²) in [6.07, 6.45) is 19.8. The average molecular weight is 312 g/mol. The largest absolute Gasteiger partial charge is 0.479 e. The molecule has 1 atom stereocenters. The second-order valence-electron chi connectivity index (χ2n) is 6.23. The Hall–Kier alpha value is -0.830. The van der Waals surface area contributed by atoms with E-state index in [9.17, 15) is 4.79 Å². The van der Waals surface area contributed by atoms with Crippen LogP contribution >= 0.6 is 0 Å². The summed E-state index contributed by atoms with van der Waals surface area (Å²) in [6, 6.07) is 0. The first-order valence-corrected chi connectivity index (χ1v) is 9.24. The van der Waals surface area contributed by atoms with Crippen LogP contribution in [0.2, 0.25) is 0 Å². The Balaban J connectivity index is 3.16. The van der Waals surface area contributed by atoms with E-state index in [-0.39, 0.29) is 0 Å². The topological polar surface area (TPSA) is 57.5 Å². The molecule has 0 aromatic heterocycles. The van der Waals surface area contributed by atoms with Crippen molar-refractivity contribution in [2.75, 3.05) is 0 Å². The fraction of sp³-hybridized carbons (Fsp3) is 0.842. The number of hydrogen-bond acceptors (Lipinski definition) is 2. The number of carboxylic acids is 1. The maximum Gasteiger partial charge on any atom is 0.332 e. The SMILES string of the molecule is CCCCCCCC/C=C\CCCCCCC[C@H](O)C(=O)O. The van der Waals surface area contributed by atoms with Gasteiger partial charge in [-0.1, -0.05) is 76.9 Å². The van der Waals surface area contributed by atoms with E-state index in [4.69, 9.17) is 10.2 Å². The highest BCUT2D eigenvalue weighted by atomic mass is 16.4. The fourth-order valence-electron chi connectivity index (χ4n) is 2.53. The number of allylic oxidation sites excluding steroid dienone is 2. The van der Waals surface area contributed by atoms with Crippen LogP contribution in [0.1, 0.15) is 96.8 Å². The molecular formula is C19H36O3. The minimum Gasteiger partial charge on any atom is -0.479 e. The first-order valence-electron chi connectivity index (χ1n) is 9.24. The smallest absolute Gasteiger partial charge is 0.332 e. The van der Waals surface area contributed by atoms with Crippen LogP contribution in [0, 0.1) is 0 Å². The highest BCUT2D eigenvalue weighted by molar-refractivity contribution is 5.71. The molecule has 0 bridgehead atoms. The van der Waals surface area contributed by atoms with Crippen molar-refractivity contribution in [2.45, 2.75) is 103 Å². The Bertz CT molecular complexity index is 274. The molecule has 0 unspecified atom stereocenters. The Morgan fingerprint density at radius 1 is 0.818 bits per heavy atom. The second-order valence-corrected chi connectivity index (χ2v) is 6.23. The number of aliphatic hydroxyl groups is 1. The second kappa shape index (κ2) is 16.5. The molecule has 0 fully saturated rings. The van der Waals surface area contributed by atoms with Gasteiger partial charge in [0, 0.05) is 0 Å². The maximum absolute atomic E-state index is 10.4. The lowest BCUT2D eigenvalue weighted by Gasteiger charge is -2.04. The van der Waals surface area contributed by atoms with Crippen molar-refractivity contribution in [3.63, 3.8) is 0 Å². The summed E-state index contributed by atoms with van der Waals surface area (Å²) in [4.78, 5) is 10.4. The normalized spacial score (nSPS) is 12.8. The van der Waals surface area contributed by atoms with Gasteiger partial charge in [0.15, 0.2) is 6.10 Å². The molecule has 0 saturated carbocycles. The molecule has 0 aliphatic heterocycles. The fourth-order valence-corrected chi connectivity index (χ4v) is 2.53. The van der Waals surface area contributed by atoms with Crippen molar-refractivity contribution in [3.05, 3.63) is 12.2 Å². The minimum atomic E-state index is -1.18. The zero-order chi connectivity index (χ0) is 16.5. The zero-order valence-electron chi connectivity index (χ0n) is 14.4. The number of unbranched alkanes of at least 4 members (excludes halogenated alkanes) is 11. The van der Waals surface area contributed by atoms with E-state index in [1.165, 1.54) is 57.8 Å². The van der Waals surface area contributed by atoms with Crippen molar-refractivity contribution in [1.82, 2.24) is 0 Å². The number of carbonyl (C=O) groups is 1. The molecule has 0 aromatic carbocycles. The standard InChI is InChI=1S/C19H36O3/c1-2-3-4-5-6-7-8-9-10-11-12-13-14-15-16-17-18(20)19(21)22/h9-10,18,20H,2-8,11-17H2,1H3,(H,21,22)/b10-9-/t18-/m0/s1. The number of aliphatic carboxylic acids is 1. The molecule has 3 heteroatoms. The van der Waals surface area contributed by atoms with Gasteiger partial charge in [0.05, 0.1) is 0 Å². The van der Waals surface area contributed by atoms with Gasteiger partial charge in [-0.3, -0.25) is 0 Å². The third kappa shape index (κ3) is 15.6. The summed E-state index contributed by atoms with van der Waals surface area (Å²) in [5, 5.41) is 17.7. The molecule has 0 heterocycles. The van der Waals surface area contributed by atoms with Crippen LogP contribution in [-0.4, -0.2) is 22.3 Å². The monoisotopic (exact) mass is 312 g/mol. The van der Waals surface area contributed by atoms with Gasteiger partial charge in [0.2, 0.25) is 0 Å². The molecule has 3 nitrogen and oxygen atoms in total. The molecule has 130 valence electrons. The Kier molecular flexibility index (Phi) is 15.9. The van der Waals surface area contributed by atoms with Gasteiger partial charge < -0.3 is 10.2 Å². The Morgan fingerprint density at radius 3 is 1.77 bits per heavy atom. The molecule has 0 rings (SSSR count). The molecule has 0 radical (unpaired) electrons. The summed E-state index contributed by atoms with van der Waals surface area (Å²) >= 11 is 0. The summed E-state index contributed by atoms with van der Waals surface area (Å²) in [6.45, 7) is 2.25. The van der Waals surface area contributed by atoms with Gasteiger partial charge >= 0.3 is 5.97 Å². The van der Waals surface area contributed by atoms with E-state index in [0.717, 1.165) is 25.7 Å². The van der Waals surface area contributed by atoms with Crippen LogP contribution in [0.3, 0.4) is 0 Å². The van der Waals surface area contributed by atoms with E-state index in [0.29, 0.717) is 6.42 Å². The predicted molar refractivity (Wildman–Crippen MR) is 93.1 cm³/mol. The lowest BCUT2D eigenvalue weighted by atomic mass is 10.1. The average Bonchev–Trinajstić information content (AvgIpc) is 2.50. The van der Waals surface area contributed by atoms with Crippen LogP contribution < -0.4 is 0 Å². The molecule has 22 heavy (non-hydrogen) atoms. The summed E-state index contributed by atoms with van der Waals surface area (Å²) in [5.74, 6) is -1.10. The summed E-state index contributed by atoms with van der Waals surface area (Å²) < 4.78 is 0. The van der Waals surface area contributed by atoms with Crippen LogP contribution in [-0.2, 0) is 4.79 Å². The van der Waals surface area contributed by atoms with E-state index in [1.807, 2.05) is 0 Å². The number of aliphatic hydroxyl groups excluding tert-OH is 1.